The molecule has 8 heteroatoms. The van der Waals surface area contributed by atoms with E-state index in [4.69, 9.17) is 0 Å². The molecule has 21 aromatic carbocycles. The Morgan fingerprint density at radius 1 is 0.229 bits per heavy atom. The molecule has 0 saturated carbocycles. The fourth-order valence-electron chi connectivity index (χ4n) is 21.2. The van der Waals surface area contributed by atoms with Crippen molar-refractivity contribution in [2.24, 2.45) is 0 Å². The van der Waals surface area contributed by atoms with Crippen molar-refractivity contribution in [1.29, 1.82) is 0 Å². The monoisotopic (exact) mass is 1720 g/mol. The van der Waals surface area contributed by atoms with Crippen LogP contribution >= 0.6 is 34.4 Å². The van der Waals surface area contributed by atoms with E-state index in [0.717, 1.165) is 51.0 Å². The summed E-state index contributed by atoms with van der Waals surface area (Å²) in [5.74, 6) is 0. The minimum atomic E-state index is -0.119. The van der Waals surface area contributed by atoms with Gasteiger partial charge in [-0.2, -0.15) is 0 Å². The van der Waals surface area contributed by atoms with Crippen LogP contribution in [-0.2, 0) is 5.41 Å². The van der Waals surface area contributed by atoms with E-state index in [1.807, 2.05) is 34.4 Å². The first-order valence-corrected chi connectivity index (χ1v) is 47.4. The molecule has 0 radical (unpaired) electrons. The Bertz CT molecular complexity index is 8930. The lowest BCUT2D eigenvalue weighted by Crippen LogP contribution is -2.16. The third-order valence-corrected chi connectivity index (χ3v) is 30.8. The van der Waals surface area contributed by atoms with Gasteiger partial charge in [-0.15, -0.1) is 22.7 Å². The number of para-hydroxylation sites is 5. The SMILES string of the molecule is CC1(C)c2ccccc2-c2ccc(-n3c4ccc(-c5ccc6sc7ccccc7c6c5)cc4c4ccc(N(c5ccccc5)c5ccc(-c6cccc7ccccc67)cc5)cc43)cc21.c1ccc(N(c2ccc3c(c2)Sc2ccccc2N3c2ccccc2)c2ccc3c4cc(-c5cc6c7ccccc7sc6c6ccccc56)c5ccccc5c4n(-c4ccccc4)c3c2)cc1. The van der Waals surface area contributed by atoms with E-state index >= 15 is 0 Å². The second-order valence-electron chi connectivity index (χ2n) is 35.0. The molecular formula is C123H81N5S3. The van der Waals surface area contributed by atoms with Gasteiger partial charge in [0.05, 0.1) is 33.4 Å². The summed E-state index contributed by atoms with van der Waals surface area (Å²) in [6.07, 6.45) is 0. The molecule has 131 heavy (non-hydrogen) atoms. The third-order valence-electron chi connectivity index (χ3n) is 27.3. The van der Waals surface area contributed by atoms with Gasteiger partial charge in [0, 0.05) is 139 Å². The molecule has 0 fully saturated rings. The summed E-state index contributed by atoms with van der Waals surface area (Å²) in [6.45, 7) is 4.74. The van der Waals surface area contributed by atoms with E-state index in [-0.39, 0.29) is 5.41 Å². The average molecular weight is 1730 g/mol. The second-order valence-corrected chi connectivity index (χ2v) is 38.2. The van der Waals surface area contributed by atoms with Crippen molar-refractivity contribution in [3.05, 3.63) is 466 Å². The van der Waals surface area contributed by atoms with Crippen molar-refractivity contribution in [2.45, 2.75) is 29.1 Å². The summed E-state index contributed by atoms with van der Waals surface area (Å²) in [5.41, 5.74) is 29.8. The van der Waals surface area contributed by atoms with Crippen LogP contribution in [0.3, 0.4) is 0 Å². The quantitative estimate of drug-likeness (QED) is 0.121. The number of benzene rings is 21. The molecule has 0 bridgehead atoms. The fourth-order valence-corrected chi connectivity index (χ4v) is 24.6. The van der Waals surface area contributed by atoms with E-state index in [0.29, 0.717) is 0 Å². The largest absolute Gasteiger partial charge is 0.310 e. The number of thiophene rings is 2. The topological polar surface area (TPSA) is 19.6 Å². The Morgan fingerprint density at radius 2 is 0.718 bits per heavy atom. The summed E-state index contributed by atoms with van der Waals surface area (Å²) in [6, 6.07) is 168. The van der Waals surface area contributed by atoms with Crippen molar-refractivity contribution in [3.8, 4) is 55.9 Å². The number of hydrogen-bond acceptors (Lipinski definition) is 6. The van der Waals surface area contributed by atoms with Crippen molar-refractivity contribution in [3.63, 3.8) is 0 Å². The van der Waals surface area contributed by atoms with E-state index < -0.39 is 0 Å². The smallest absolute Gasteiger partial charge is 0.0619 e. The highest BCUT2D eigenvalue weighted by atomic mass is 32.2. The summed E-state index contributed by atoms with van der Waals surface area (Å²) in [7, 11) is 0. The van der Waals surface area contributed by atoms with Crippen LogP contribution in [0.1, 0.15) is 25.0 Å². The lowest BCUT2D eigenvalue weighted by atomic mass is 9.82. The highest BCUT2D eigenvalue weighted by Gasteiger charge is 2.36. The Kier molecular flexibility index (Phi) is 17.9. The van der Waals surface area contributed by atoms with Gasteiger partial charge in [0.25, 0.3) is 0 Å². The normalized spacial score (nSPS) is 12.7. The summed E-state index contributed by atoms with van der Waals surface area (Å²) in [4.78, 5) is 9.64. The molecule has 0 amide bonds. The molecule has 2 aliphatic rings. The number of rotatable bonds is 12. The minimum Gasteiger partial charge on any atom is -0.310 e. The number of aromatic nitrogens is 2. The third kappa shape index (κ3) is 12.5. The maximum atomic E-state index is 2.50. The van der Waals surface area contributed by atoms with Crippen LogP contribution in [0.15, 0.2) is 465 Å². The molecule has 5 nitrogen and oxygen atoms in total. The van der Waals surface area contributed by atoms with Crippen LogP contribution in [0.2, 0.25) is 0 Å². The van der Waals surface area contributed by atoms with Gasteiger partial charge in [-0.3, -0.25) is 0 Å². The lowest BCUT2D eigenvalue weighted by molar-refractivity contribution is 0.660. The van der Waals surface area contributed by atoms with Crippen molar-refractivity contribution in [2.75, 3.05) is 14.7 Å². The minimum absolute atomic E-state index is 0.119. The molecule has 25 aromatic rings. The van der Waals surface area contributed by atoms with Crippen LogP contribution in [0.4, 0.5) is 51.2 Å². The summed E-state index contributed by atoms with van der Waals surface area (Å²) < 4.78 is 10.3. The predicted molar refractivity (Wildman–Crippen MR) is 562 cm³/mol. The zero-order valence-corrected chi connectivity index (χ0v) is 74.2. The maximum absolute atomic E-state index is 2.50. The Labute approximate surface area is 770 Å². The highest BCUT2D eigenvalue weighted by Crippen LogP contribution is 2.56. The first-order valence-electron chi connectivity index (χ1n) is 44.9. The number of fused-ring (bicyclic) bond motifs is 22. The average Bonchev–Trinajstić information content (AvgIpc) is 1.56. The van der Waals surface area contributed by atoms with Gasteiger partial charge in [0.15, 0.2) is 0 Å². The molecule has 0 atom stereocenters. The maximum Gasteiger partial charge on any atom is 0.0619 e. The Morgan fingerprint density at radius 3 is 1.45 bits per heavy atom. The molecule has 4 aromatic heterocycles. The van der Waals surface area contributed by atoms with E-state index in [9.17, 15) is 0 Å². The second kappa shape index (κ2) is 30.7. The fraction of sp³-hybridized carbons (Fsp3) is 0.0244. The van der Waals surface area contributed by atoms with E-state index in [2.05, 4.69) is 493 Å². The van der Waals surface area contributed by atoms with Crippen molar-refractivity contribution >= 4 is 202 Å². The van der Waals surface area contributed by atoms with Crippen LogP contribution in [0.25, 0.3) is 172 Å². The summed E-state index contributed by atoms with van der Waals surface area (Å²) >= 11 is 5.60. The lowest BCUT2D eigenvalue weighted by Gasteiger charge is -2.34. The van der Waals surface area contributed by atoms with Gasteiger partial charge < -0.3 is 23.8 Å². The molecule has 27 rings (SSSR count). The van der Waals surface area contributed by atoms with Crippen LogP contribution in [0, 0.1) is 0 Å². The van der Waals surface area contributed by atoms with Crippen molar-refractivity contribution in [1.82, 2.24) is 9.13 Å². The van der Waals surface area contributed by atoms with E-state index in [1.54, 1.807) is 0 Å². The molecule has 0 spiro atoms. The number of nitrogens with zero attached hydrogens (tertiary/aromatic N) is 5. The molecule has 5 heterocycles. The standard InChI is InChI=1S/C62H39N3S2.C61H42N2S/c1-4-18-40(19-5-1)63(44-33-35-56-60(37-44)66-59-31-17-15-29-55(59)64(56)41-20-6-2-7-21-41)43-32-34-47-53-38-51(45-24-10-12-27-49(45)61(53)65(57(47)36-43)42-22-8-3-9-23-42)52-39-54-48-26-14-16-30-58(48)67-62(54)50-28-13-11-25-46(50)52;1-61(2)55-21-10-8-18-49(55)50-31-29-45(37-56(50)61)63-57-33-25-41(42-26-34-60-54(36-42)52-19-9-11-22-59(52)64-60)35-53(57)51-32-30-46(38-58(51)63)62(43-15-4-3-5-16-43)44-27-23-40(24-28-44)48-20-12-14-39-13-6-7-17-47(39)48/h1-39H;3-38H,1-2H3. The van der Waals surface area contributed by atoms with E-state index in [1.165, 1.54) is 193 Å². The molecular weight excluding hydrogens is 1640 g/mol. The number of anilines is 9. The van der Waals surface area contributed by atoms with Gasteiger partial charge in [0.2, 0.25) is 0 Å². The molecule has 0 saturated heterocycles. The first kappa shape index (κ1) is 76.4. The van der Waals surface area contributed by atoms with Crippen molar-refractivity contribution < 1.29 is 0 Å². The zero-order valence-electron chi connectivity index (χ0n) is 71.8. The van der Waals surface area contributed by atoms with Gasteiger partial charge >= 0.3 is 0 Å². The predicted octanol–water partition coefficient (Wildman–Crippen LogP) is 35.9. The first-order chi connectivity index (χ1) is 64.7. The Hall–Kier alpha value is -15.8. The molecule has 1 aliphatic heterocycles. The Balaban J connectivity index is 0.000000138. The summed E-state index contributed by atoms with van der Waals surface area (Å²) in [5, 5.41) is 17.7. The van der Waals surface area contributed by atoms with Crippen LogP contribution < -0.4 is 14.7 Å². The molecule has 0 N–H and O–H groups in total. The molecule has 1 aliphatic carbocycles. The van der Waals surface area contributed by atoms with Crippen LogP contribution in [0.5, 0.6) is 0 Å². The van der Waals surface area contributed by atoms with Gasteiger partial charge in [0.1, 0.15) is 0 Å². The van der Waals surface area contributed by atoms with Crippen LogP contribution in [-0.4, -0.2) is 9.13 Å². The van der Waals surface area contributed by atoms with Gasteiger partial charge in [-0.1, -0.05) is 305 Å². The van der Waals surface area contributed by atoms with Gasteiger partial charge in [-0.05, 0) is 253 Å². The highest BCUT2D eigenvalue weighted by molar-refractivity contribution is 7.99. The molecule has 616 valence electrons. The number of hydrogen-bond donors (Lipinski definition) is 0. The zero-order chi connectivity index (χ0) is 86.5. The molecule has 0 unspecified atom stereocenters. The van der Waals surface area contributed by atoms with Gasteiger partial charge in [-0.25, -0.2) is 0 Å².